The number of amides is 2. The molecule has 2 rings (SSSR count). The fourth-order valence-corrected chi connectivity index (χ4v) is 2.61. The van der Waals surface area contributed by atoms with Crippen molar-refractivity contribution in [3.8, 4) is 0 Å². The van der Waals surface area contributed by atoms with Gasteiger partial charge in [-0.15, -0.1) is 0 Å². The van der Waals surface area contributed by atoms with Gasteiger partial charge in [-0.25, -0.2) is 4.79 Å². The van der Waals surface area contributed by atoms with E-state index < -0.39 is 12.0 Å². The van der Waals surface area contributed by atoms with Gasteiger partial charge in [0, 0.05) is 6.54 Å². The summed E-state index contributed by atoms with van der Waals surface area (Å²) in [6.07, 6.45) is 2.28. The van der Waals surface area contributed by atoms with Crippen molar-refractivity contribution < 1.29 is 19.5 Å². The van der Waals surface area contributed by atoms with Crippen molar-refractivity contribution in [2.45, 2.75) is 31.7 Å². The Kier molecular flexibility index (Phi) is 5.52. The van der Waals surface area contributed by atoms with Crippen molar-refractivity contribution in [3.63, 3.8) is 0 Å². The topological polar surface area (TPSA) is 86.7 Å². The Morgan fingerprint density at radius 3 is 2.59 bits per heavy atom. The number of benzene rings is 1. The number of hydrogen-bond acceptors (Lipinski definition) is 3. The number of carbonyl (C=O) groups excluding carboxylic acids is 2. The minimum absolute atomic E-state index is 0.157. The lowest BCUT2D eigenvalue weighted by molar-refractivity contribution is -0.151. The Hall–Kier alpha value is -2.37. The highest BCUT2D eigenvalue weighted by molar-refractivity contribution is 5.88. The average molecular weight is 304 g/mol. The number of aliphatic carboxylic acids is 1. The lowest BCUT2D eigenvalue weighted by atomic mass is 10.0. The molecule has 22 heavy (non-hydrogen) atoms. The molecule has 0 radical (unpaired) electrons. The third-order valence-corrected chi connectivity index (χ3v) is 3.75. The zero-order valence-electron chi connectivity index (χ0n) is 12.3. The highest BCUT2D eigenvalue weighted by Crippen LogP contribution is 2.17. The van der Waals surface area contributed by atoms with Crippen molar-refractivity contribution in [3.05, 3.63) is 35.9 Å². The first kappa shape index (κ1) is 16.0. The Balaban J connectivity index is 1.83. The summed E-state index contributed by atoms with van der Waals surface area (Å²) in [5.41, 5.74) is 0.869. The largest absolute Gasteiger partial charge is 0.480 e. The van der Waals surface area contributed by atoms with Crippen molar-refractivity contribution >= 4 is 17.8 Å². The van der Waals surface area contributed by atoms with E-state index in [1.165, 1.54) is 4.90 Å². The second kappa shape index (κ2) is 7.59. The third-order valence-electron chi connectivity index (χ3n) is 3.75. The number of carbonyl (C=O) groups is 3. The number of rotatable bonds is 5. The molecule has 1 aliphatic rings. The van der Waals surface area contributed by atoms with Crippen LogP contribution in [0.4, 0.5) is 0 Å². The first-order valence-electron chi connectivity index (χ1n) is 7.41. The maximum absolute atomic E-state index is 12.1. The summed E-state index contributed by atoms with van der Waals surface area (Å²) in [4.78, 5) is 36.5. The first-order valence-corrected chi connectivity index (χ1v) is 7.41. The smallest absolute Gasteiger partial charge is 0.326 e. The molecule has 0 bridgehead atoms. The van der Waals surface area contributed by atoms with Crippen molar-refractivity contribution in [2.75, 3.05) is 13.1 Å². The molecule has 1 aromatic rings. The molecule has 2 amide bonds. The minimum Gasteiger partial charge on any atom is -0.480 e. The molecule has 0 unspecified atom stereocenters. The Morgan fingerprint density at radius 1 is 1.18 bits per heavy atom. The van der Waals surface area contributed by atoms with Gasteiger partial charge in [-0.05, 0) is 24.8 Å². The molecule has 0 saturated carbocycles. The number of piperidine rings is 1. The van der Waals surface area contributed by atoms with Crippen LogP contribution in [0, 0.1) is 0 Å². The van der Waals surface area contributed by atoms with Crippen LogP contribution in [0.3, 0.4) is 0 Å². The van der Waals surface area contributed by atoms with Gasteiger partial charge in [0.15, 0.2) is 0 Å². The average Bonchev–Trinajstić information content (AvgIpc) is 2.53. The molecule has 1 heterocycles. The highest BCUT2D eigenvalue weighted by Gasteiger charge is 2.31. The third kappa shape index (κ3) is 4.31. The molecule has 1 aromatic carbocycles. The van der Waals surface area contributed by atoms with E-state index in [4.69, 9.17) is 5.11 Å². The zero-order chi connectivity index (χ0) is 15.9. The molecule has 0 aliphatic carbocycles. The summed E-state index contributed by atoms with van der Waals surface area (Å²) in [5.74, 6) is -1.57. The zero-order valence-corrected chi connectivity index (χ0v) is 12.3. The molecule has 0 aromatic heterocycles. The van der Waals surface area contributed by atoms with Gasteiger partial charge in [0.1, 0.15) is 6.04 Å². The molecule has 0 spiro atoms. The van der Waals surface area contributed by atoms with Crippen LogP contribution in [0.25, 0.3) is 0 Å². The minimum atomic E-state index is -0.983. The number of nitrogens with one attached hydrogen (secondary N) is 1. The molecule has 118 valence electrons. The van der Waals surface area contributed by atoms with Crippen LogP contribution in [0.1, 0.15) is 24.8 Å². The lowest BCUT2D eigenvalue weighted by Crippen LogP contribution is -2.51. The Labute approximate surface area is 129 Å². The van der Waals surface area contributed by atoms with E-state index in [-0.39, 0.29) is 24.8 Å². The summed E-state index contributed by atoms with van der Waals surface area (Å²) in [7, 11) is 0. The van der Waals surface area contributed by atoms with Crippen molar-refractivity contribution in [1.82, 2.24) is 10.2 Å². The molecule has 6 heteroatoms. The summed E-state index contributed by atoms with van der Waals surface area (Å²) < 4.78 is 0. The molecule has 2 N–H and O–H groups in total. The van der Waals surface area contributed by atoms with E-state index in [9.17, 15) is 14.4 Å². The van der Waals surface area contributed by atoms with Crippen LogP contribution in [-0.2, 0) is 20.8 Å². The standard InChI is InChI=1S/C16H20N2O4/c19-14(10-12-6-2-1-3-7-12)17-11-15(20)18-9-5-4-8-13(18)16(21)22/h1-3,6-7,13H,4-5,8-11H2,(H,17,19)(H,21,22)/t13-/m1/s1. The van der Waals surface area contributed by atoms with Crippen LogP contribution in [-0.4, -0.2) is 46.9 Å². The van der Waals surface area contributed by atoms with Gasteiger partial charge >= 0.3 is 5.97 Å². The van der Waals surface area contributed by atoms with E-state index in [1.807, 2.05) is 30.3 Å². The van der Waals surface area contributed by atoms with E-state index in [2.05, 4.69) is 5.32 Å². The second-order valence-electron chi connectivity index (χ2n) is 5.38. The van der Waals surface area contributed by atoms with Crippen molar-refractivity contribution in [1.29, 1.82) is 0 Å². The van der Waals surface area contributed by atoms with Crippen LogP contribution in [0.15, 0.2) is 30.3 Å². The second-order valence-corrected chi connectivity index (χ2v) is 5.38. The fourth-order valence-electron chi connectivity index (χ4n) is 2.61. The van der Waals surface area contributed by atoms with Crippen LogP contribution < -0.4 is 5.32 Å². The number of nitrogens with zero attached hydrogens (tertiary/aromatic N) is 1. The number of hydrogen-bond donors (Lipinski definition) is 2. The molecule has 1 aliphatic heterocycles. The predicted octanol–water partition coefficient (Wildman–Crippen LogP) is 0.811. The number of carboxylic acid groups (broad SMARTS) is 1. The van der Waals surface area contributed by atoms with E-state index >= 15 is 0 Å². The summed E-state index contributed by atoms with van der Waals surface area (Å²) in [5, 5.41) is 11.7. The molecule has 1 fully saturated rings. The maximum atomic E-state index is 12.1. The van der Waals surface area contributed by atoms with E-state index in [0.29, 0.717) is 13.0 Å². The fraction of sp³-hybridized carbons (Fsp3) is 0.438. The molecular weight excluding hydrogens is 284 g/mol. The van der Waals surface area contributed by atoms with Gasteiger partial charge in [0.05, 0.1) is 13.0 Å². The highest BCUT2D eigenvalue weighted by atomic mass is 16.4. The van der Waals surface area contributed by atoms with Crippen LogP contribution in [0.2, 0.25) is 0 Å². The monoisotopic (exact) mass is 304 g/mol. The SMILES string of the molecule is O=C(Cc1ccccc1)NCC(=O)N1CCCC[C@@H]1C(=O)O. The molecular formula is C16H20N2O4. The quantitative estimate of drug-likeness (QED) is 0.843. The van der Waals surface area contributed by atoms with Gasteiger partial charge in [0.2, 0.25) is 11.8 Å². The van der Waals surface area contributed by atoms with Gasteiger partial charge in [-0.1, -0.05) is 30.3 Å². The normalized spacial score (nSPS) is 17.8. The van der Waals surface area contributed by atoms with Gasteiger partial charge in [-0.3, -0.25) is 9.59 Å². The van der Waals surface area contributed by atoms with Gasteiger partial charge < -0.3 is 15.3 Å². The summed E-state index contributed by atoms with van der Waals surface area (Å²) in [6, 6.07) is 8.47. The Morgan fingerprint density at radius 2 is 1.91 bits per heavy atom. The molecule has 6 nitrogen and oxygen atoms in total. The van der Waals surface area contributed by atoms with Gasteiger partial charge in [-0.2, -0.15) is 0 Å². The number of carboxylic acids is 1. The van der Waals surface area contributed by atoms with E-state index in [1.54, 1.807) is 0 Å². The van der Waals surface area contributed by atoms with Crippen LogP contribution in [0.5, 0.6) is 0 Å². The first-order chi connectivity index (χ1) is 10.6. The summed E-state index contributed by atoms with van der Waals surface area (Å²) >= 11 is 0. The van der Waals surface area contributed by atoms with E-state index in [0.717, 1.165) is 18.4 Å². The van der Waals surface area contributed by atoms with Crippen molar-refractivity contribution in [2.24, 2.45) is 0 Å². The Bertz CT molecular complexity index is 544. The van der Waals surface area contributed by atoms with Gasteiger partial charge in [0.25, 0.3) is 0 Å². The molecule has 1 atom stereocenters. The van der Waals surface area contributed by atoms with Crippen LogP contribution >= 0.6 is 0 Å². The number of likely N-dealkylation sites (tertiary alicyclic amines) is 1. The maximum Gasteiger partial charge on any atom is 0.326 e. The predicted molar refractivity (Wildman–Crippen MR) is 80.1 cm³/mol. The lowest BCUT2D eigenvalue weighted by Gasteiger charge is -2.33. The molecule has 1 saturated heterocycles. The summed E-state index contributed by atoms with van der Waals surface area (Å²) in [6.45, 7) is 0.278.